The Hall–Kier alpha value is -1.79. The Morgan fingerprint density at radius 1 is 1.17 bits per heavy atom. The maximum absolute atomic E-state index is 12.7. The fourth-order valence-electron chi connectivity index (χ4n) is 2.56. The Labute approximate surface area is 144 Å². The average molecular weight is 349 g/mol. The van der Waals surface area contributed by atoms with Gasteiger partial charge in [-0.05, 0) is 18.4 Å². The standard InChI is InChI=1S/C16H17ClN4OS/c1-23-16-18-11-13(17)14(19-16)15(22)21-9-7-20(8-10-21)12-5-3-2-4-6-12/h2-6,11H,7-10H2,1H3. The van der Waals surface area contributed by atoms with Crippen molar-refractivity contribution in [3.05, 3.63) is 47.2 Å². The number of carbonyl (C=O) groups excluding carboxylic acids is 1. The lowest BCUT2D eigenvalue weighted by atomic mass is 10.2. The second-order valence-electron chi connectivity index (χ2n) is 5.17. The second kappa shape index (κ2) is 7.19. The van der Waals surface area contributed by atoms with Crippen molar-refractivity contribution >= 4 is 35.0 Å². The molecule has 0 bridgehead atoms. The van der Waals surface area contributed by atoms with E-state index in [4.69, 9.17) is 11.6 Å². The summed E-state index contributed by atoms with van der Waals surface area (Å²) >= 11 is 7.49. The molecule has 0 saturated carbocycles. The van der Waals surface area contributed by atoms with Crippen molar-refractivity contribution in [2.24, 2.45) is 0 Å². The summed E-state index contributed by atoms with van der Waals surface area (Å²) in [5, 5.41) is 0.860. The van der Waals surface area contributed by atoms with Crippen molar-refractivity contribution in [2.75, 3.05) is 37.3 Å². The van der Waals surface area contributed by atoms with Crippen LogP contribution in [0, 0.1) is 0 Å². The number of carbonyl (C=O) groups is 1. The molecular formula is C16H17ClN4OS. The molecule has 0 unspecified atom stereocenters. The van der Waals surface area contributed by atoms with Gasteiger partial charge in [0.25, 0.3) is 5.91 Å². The lowest BCUT2D eigenvalue weighted by Gasteiger charge is -2.36. The van der Waals surface area contributed by atoms with Gasteiger partial charge in [-0.1, -0.05) is 41.6 Å². The fourth-order valence-corrected chi connectivity index (χ4v) is 3.07. The van der Waals surface area contributed by atoms with Crippen LogP contribution in [0.25, 0.3) is 0 Å². The van der Waals surface area contributed by atoms with Crippen LogP contribution in [0.4, 0.5) is 5.69 Å². The number of nitrogens with zero attached hydrogens (tertiary/aromatic N) is 4. The van der Waals surface area contributed by atoms with E-state index < -0.39 is 0 Å². The normalized spacial score (nSPS) is 14.9. The minimum absolute atomic E-state index is 0.125. The van der Waals surface area contributed by atoms with E-state index in [1.54, 1.807) is 4.90 Å². The number of aromatic nitrogens is 2. The van der Waals surface area contributed by atoms with Crippen LogP contribution in [0.2, 0.25) is 5.02 Å². The predicted molar refractivity (Wildman–Crippen MR) is 93.4 cm³/mol. The number of anilines is 1. The molecule has 0 spiro atoms. The van der Waals surface area contributed by atoms with Gasteiger partial charge in [0.2, 0.25) is 0 Å². The van der Waals surface area contributed by atoms with Gasteiger partial charge in [0, 0.05) is 31.9 Å². The molecule has 1 aromatic carbocycles. The van der Waals surface area contributed by atoms with Gasteiger partial charge in [-0.2, -0.15) is 0 Å². The number of rotatable bonds is 3. The Morgan fingerprint density at radius 2 is 1.87 bits per heavy atom. The highest BCUT2D eigenvalue weighted by Crippen LogP contribution is 2.20. The summed E-state index contributed by atoms with van der Waals surface area (Å²) in [6, 6.07) is 10.2. The number of hydrogen-bond donors (Lipinski definition) is 0. The quantitative estimate of drug-likeness (QED) is 0.630. The van der Waals surface area contributed by atoms with Gasteiger partial charge in [-0.3, -0.25) is 4.79 Å². The molecule has 0 atom stereocenters. The molecule has 1 fully saturated rings. The highest BCUT2D eigenvalue weighted by molar-refractivity contribution is 7.98. The van der Waals surface area contributed by atoms with Crippen LogP contribution in [0.15, 0.2) is 41.7 Å². The third-order valence-corrected chi connectivity index (χ3v) is 4.63. The molecule has 2 aromatic rings. The van der Waals surface area contributed by atoms with Crippen LogP contribution in [0.5, 0.6) is 0 Å². The van der Waals surface area contributed by atoms with Gasteiger partial charge in [-0.25, -0.2) is 9.97 Å². The summed E-state index contributed by atoms with van der Waals surface area (Å²) in [6.45, 7) is 2.91. The molecule has 3 rings (SSSR count). The molecule has 0 aliphatic carbocycles. The number of thioether (sulfide) groups is 1. The van der Waals surface area contributed by atoms with Crippen molar-refractivity contribution in [2.45, 2.75) is 5.16 Å². The van der Waals surface area contributed by atoms with Crippen LogP contribution in [-0.2, 0) is 0 Å². The average Bonchev–Trinajstić information content (AvgIpc) is 2.62. The van der Waals surface area contributed by atoms with E-state index in [2.05, 4.69) is 27.0 Å². The Balaban J connectivity index is 1.69. The lowest BCUT2D eigenvalue weighted by Crippen LogP contribution is -2.49. The first-order chi connectivity index (χ1) is 11.2. The molecule has 1 aromatic heterocycles. The number of benzene rings is 1. The number of hydrogen-bond acceptors (Lipinski definition) is 5. The zero-order chi connectivity index (χ0) is 16.2. The van der Waals surface area contributed by atoms with Gasteiger partial charge in [-0.15, -0.1) is 0 Å². The third kappa shape index (κ3) is 3.59. The first-order valence-electron chi connectivity index (χ1n) is 7.35. The van der Waals surface area contributed by atoms with E-state index in [1.807, 2.05) is 24.5 Å². The van der Waals surface area contributed by atoms with Crippen molar-refractivity contribution in [1.29, 1.82) is 0 Å². The van der Waals surface area contributed by atoms with Gasteiger partial charge in [0.15, 0.2) is 10.9 Å². The molecule has 1 amide bonds. The Kier molecular flexibility index (Phi) is 5.03. The zero-order valence-corrected chi connectivity index (χ0v) is 14.3. The summed E-state index contributed by atoms with van der Waals surface area (Å²) in [6.07, 6.45) is 3.37. The molecule has 0 radical (unpaired) electrons. The third-order valence-electron chi connectivity index (χ3n) is 3.80. The van der Waals surface area contributed by atoms with Gasteiger partial charge >= 0.3 is 0 Å². The van der Waals surface area contributed by atoms with Crippen molar-refractivity contribution in [3.63, 3.8) is 0 Å². The summed E-state index contributed by atoms with van der Waals surface area (Å²) in [7, 11) is 0. The topological polar surface area (TPSA) is 49.3 Å². The zero-order valence-electron chi connectivity index (χ0n) is 12.8. The summed E-state index contributed by atoms with van der Waals surface area (Å²) in [5.41, 5.74) is 1.48. The van der Waals surface area contributed by atoms with E-state index in [0.717, 1.165) is 13.1 Å². The van der Waals surface area contributed by atoms with E-state index >= 15 is 0 Å². The Morgan fingerprint density at radius 3 is 2.52 bits per heavy atom. The van der Waals surface area contributed by atoms with Crippen LogP contribution >= 0.6 is 23.4 Å². The predicted octanol–water partition coefficient (Wildman–Crippen LogP) is 2.81. The summed E-state index contributed by atoms with van der Waals surface area (Å²) < 4.78 is 0. The summed E-state index contributed by atoms with van der Waals surface area (Å²) in [5.74, 6) is -0.125. The minimum Gasteiger partial charge on any atom is -0.368 e. The number of piperazine rings is 1. The smallest absolute Gasteiger partial charge is 0.274 e. The largest absolute Gasteiger partial charge is 0.368 e. The van der Waals surface area contributed by atoms with Crippen LogP contribution < -0.4 is 4.90 Å². The monoisotopic (exact) mass is 348 g/mol. The van der Waals surface area contributed by atoms with Crippen molar-refractivity contribution in [3.8, 4) is 0 Å². The maximum Gasteiger partial charge on any atom is 0.274 e. The molecule has 1 aliphatic heterocycles. The van der Waals surface area contributed by atoms with E-state index in [1.165, 1.54) is 23.6 Å². The first kappa shape index (κ1) is 16.1. The van der Waals surface area contributed by atoms with Crippen LogP contribution in [-0.4, -0.2) is 53.2 Å². The number of para-hydroxylation sites is 1. The van der Waals surface area contributed by atoms with Crippen molar-refractivity contribution < 1.29 is 4.79 Å². The molecule has 5 nitrogen and oxygen atoms in total. The van der Waals surface area contributed by atoms with Crippen molar-refractivity contribution in [1.82, 2.24) is 14.9 Å². The first-order valence-corrected chi connectivity index (χ1v) is 8.95. The van der Waals surface area contributed by atoms with Gasteiger partial charge in [0.1, 0.15) is 0 Å². The minimum atomic E-state index is -0.125. The maximum atomic E-state index is 12.7. The highest BCUT2D eigenvalue weighted by atomic mass is 35.5. The van der Waals surface area contributed by atoms with Gasteiger partial charge in [0.05, 0.1) is 11.2 Å². The molecular weight excluding hydrogens is 332 g/mol. The molecule has 23 heavy (non-hydrogen) atoms. The second-order valence-corrected chi connectivity index (χ2v) is 6.35. The number of halogens is 1. The van der Waals surface area contributed by atoms with E-state index in [9.17, 15) is 4.79 Å². The Bertz CT molecular complexity index is 690. The molecule has 1 saturated heterocycles. The van der Waals surface area contributed by atoms with Crippen LogP contribution in [0.3, 0.4) is 0 Å². The SMILES string of the molecule is CSc1ncc(Cl)c(C(=O)N2CCN(c3ccccc3)CC2)n1. The molecule has 120 valence electrons. The molecule has 0 N–H and O–H groups in total. The number of amides is 1. The lowest BCUT2D eigenvalue weighted by molar-refractivity contribution is 0.0740. The van der Waals surface area contributed by atoms with E-state index in [-0.39, 0.29) is 5.91 Å². The van der Waals surface area contributed by atoms with E-state index in [0.29, 0.717) is 29.0 Å². The van der Waals surface area contributed by atoms with Gasteiger partial charge < -0.3 is 9.80 Å². The molecule has 1 aliphatic rings. The molecule has 7 heteroatoms. The molecule has 2 heterocycles. The fraction of sp³-hybridized carbons (Fsp3) is 0.312. The summed E-state index contributed by atoms with van der Waals surface area (Å²) in [4.78, 5) is 25.1. The highest BCUT2D eigenvalue weighted by Gasteiger charge is 2.25. The van der Waals surface area contributed by atoms with Crippen LogP contribution in [0.1, 0.15) is 10.5 Å².